The fraction of sp³-hybridized carbons (Fsp3) is 0.800. The van der Waals surface area contributed by atoms with E-state index in [0.29, 0.717) is 0 Å². The molecule has 1 radical (unpaired) electrons. The van der Waals surface area contributed by atoms with Gasteiger partial charge in [-0.2, -0.15) is 13.2 Å². The van der Waals surface area contributed by atoms with Crippen LogP contribution in [-0.2, 0) is 0 Å². The number of halogens is 3. The Morgan fingerprint density at radius 1 is 1.50 bits per heavy atom. The molecule has 3 heteroatoms. The molecule has 8 heavy (non-hydrogen) atoms. The fourth-order valence-corrected chi connectivity index (χ4v) is 0.164. The monoisotopic (exact) mass is 125 g/mol. The minimum atomic E-state index is -4.05. The van der Waals surface area contributed by atoms with Crippen molar-refractivity contribution >= 4 is 0 Å². The van der Waals surface area contributed by atoms with Gasteiger partial charge in [0.25, 0.3) is 0 Å². The summed E-state index contributed by atoms with van der Waals surface area (Å²) in [6.45, 7) is 4.25. The Bertz CT molecular complexity index is 64.6. The van der Waals surface area contributed by atoms with Crippen LogP contribution in [0.2, 0.25) is 0 Å². The van der Waals surface area contributed by atoms with Crippen LogP contribution >= 0.6 is 0 Å². The van der Waals surface area contributed by atoms with Crippen LogP contribution in [0.4, 0.5) is 13.2 Å². The van der Waals surface area contributed by atoms with E-state index in [1.165, 1.54) is 0 Å². The average molecular weight is 125 g/mol. The van der Waals surface area contributed by atoms with Gasteiger partial charge in [0, 0.05) is 0 Å². The minimum absolute atomic E-state index is 0.0799. The van der Waals surface area contributed by atoms with Gasteiger partial charge in [0.05, 0.1) is 5.92 Å². The van der Waals surface area contributed by atoms with Gasteiger partial charge in [0.2, 0.25) is 0 Å². The predicted octanol–water partition coefficient (Wildman–Crippen LogP) is 2.41. The predicted molar refractivity (Wildman–Crippen MR) is 25.2 cm³/mol. The Kier molecular flexibility index (Phi) is 2.31. The van der Waals surface area contributed by atoms with E-state index in [-0.39, 0.29) is 6.42 Å². The molecule has 0 saturated carbocycles. The average Bonchev–Trinajstić information content (AvgIpc) is 1.62. The molecule has 0 amide bonds. The van der Waals surface area contributed by atoms with Gasteiger partial charge in [0.15, 0.2) is 0 Å². The van der Waals surface area contributed by atoms with E-state index >= 15 is 0 Å². The first kappa shape index (κ1) is 7.79. The maximum absolute atomic E-state index is 11.4. The normalized spacial score (nSPS) is 16.1. The third-order valence-electron chi connectivity index (χ3n) is 0.992. The van der Waals surface area contributed by atoms with Crippen LogP contribution in [0.1, 0.15) is 13.3 Å². The summed E-state index contributed by atoms with van der Waals surface area (Å²) in [5.74, 6) is -1.26. The van der Waals surface area contributed by atoms with Crippen molar-refractivity contribution in [1.82, 2.24) is 0 Å². The summed E-state index contributed by atoms with van der Waals surface area (Å²) in [7, 11) is 0. The number of hydrogen-bond donors (Lipinski definition) is 0. The lowest BCUT2D eigenvalue weighted by Gasteiger charge is -2.11. The van der Waals surface area contributed by atoms with Crippen LogP contribution in [-0.4, -0.2) is 6.18 Å². The zero-order chi connectivity index (χ0) is 6.78. The molecule has 0 nitrogen and oxygen atoms in total. The van der Waals surface area contributed by atoms with Crippen molar-refractivity contribution in [3.8, 4) is 0 Å². The third kappa shape index (κ3) is 2.19. The van der Waals surface area contributed by atoms with E-state index in [1.54, 1.807) is 0 Å². The highest BCUT2D eigenvalue weighted by molar-refractivity contribution is 4.61. The van der Waals surface area contributed by atoms with Gasteiger partial charge in [-0.05, 0) is 6.42 Å². The first-order valence-corrected chi connectivity index (χ1v) is 2.34. The second-order valence-electron chi connectivity index (χ2n) is 1.73. The maximum atomic E-state index is 11.4. The van der Waals surface area contributed by atoms with E-state index in [9.17, 15) is 13.2 Å². The second kappa shape index (κ2) is 2.37. The summed E-state index contributed by atoms with van der Waals surface area (Å²) in [6.07, 6.45) is -4.13. The van der Waals surface area contributed by atoms with Gasteiger partial charge < -0.3 is 0 Å². The minimum Gasteiger partial charge on any atom is -0.171 e. The molecule has 0 aromatic heterocycles. The standard InChI is InChI=1S/C5H8F3/c1-3-4(2)5(6,7)8/h4H,1,3H2,2H3. The molecule has 0 fully saturated rings. The van der Waals surface area contributed by atoms with Crippen LogP contribution < -0.4 is 0 Å². The van der Waals surface area contributed by atoms with Gasteiger partial charge in [-0.1, -0.05) is 13.8 Å². The van der Waals surface area contributed by atoms with E-state index in [0.717, 1.165) is 6.92 Å². The SMILES string of the molecule is [CH2]CC(C)C(F)(F)F. The molecule has 1 unspecified atom stereocenters. The Balaban J connectivity index is 3.62. The quantitative estimate of drug-likeness (QED) is 0.504. The molecule has 0 saturated heterocycles. The molecule has 0 spiro atoms. The Hall–Kier alpha value is -0.210. The maximum Gasteiger partial charge on any atom is 0.391 e. The smallest absolute Gasteiger partial charge is 0.171 e. The molecule has 0 N–H and O–H groups in total. The molecule has 0 aliphatic heterocycles. The van der Waals surface area contributed by atoms with Crippen LogP contribution in [0.5, 0.6) is 0 Å². The molecule has 0 aliphatic rings. The summed E-state index contributed by atoms with van der Waals surface area (Å²) in [5.41, 5.74) is 0. The molecule has 0 aromatic carbocycles. The van der Waals surface area contributed by atoms with Gasteiger partial charge >= 0.3 is 6.18 Å². The topological polar surface area (TPSA) is 0 Å². The highest BCUT2D eigenvalue weighted by Crippen LogP contribution is 2.27. The first-order valence-electron chi connectivity index (χ1n) is 2.34. The van der Waals surface area contributed by atoms with Gasteiger partial charge in [-0.15, -0.1) is 0 Å². The molecule has 0 aromatic rings. The molecule has 49 valence electrons. The van der Waals surface area contributed by atoms with Crippen molar-refractivity contribution in [1.29, 1.82) is 0 Å². The number of alkyl halides is 3. The van der Waals surface area contributed by atoms with E-state index in [1.807, 2.05) is 0 Å². The van der Waals surface area contributed by atoms with Crippen molar-refractivity contribution in [2.75, 3.05) is 0 Å². The lowest BCUT2D eigenvalue weighted by molar-refractivity contribution is -0.168. The van der Waals surface area contributed by atoms with Crippen molar-refractivity contribution < 1.29 is 13.2 Å². The Labute approximate surface area is 46.7 Å². The Morgan fingerprint density at radius 2 is 1.88 bits per heavy atom. The fourth-order valence-electron chi connectivity index (χ4n) is 0.164. The molecular formula is C5H8F3. The van der Waals surface area contributed by atoms with E-state index < -0.39 is 12.1 Å². The van der Waals surface area contributed by atoms with E-state index in [4.69, 9.17) is 0 Å². The van der Waals surface area contributed by atoms with E-state index in [2.05, 4.69) is 6.92 Å². The zero-order valence-electron chi connectivity index (χ0n) is 4.63. The lowest BCUT2D eigenvalue weighted by atomic mass is 10.1. The van der Waals surface area contributed by atoms with Crippen molar-refractivity contribution in [3.05, 3.63) is 6.92 Å². The first-order chi connectivity index (χ1) is 3.48. The zero-order valence-corrected chi connectivity index (χ0v) is 4.63. The molecular weight excluding hydrogens is 117 g/mol. The van der Waals surface area contributed by atoms with Crippen molar-refractivity contribution in [3.63, 3.8) is 0 Å². The van der Waals surface area contributed by atoms with Gasteiger partial charge in [-0.3, -0.25) is 0 Å². The highest BCUT2D eigenvalue weighted by Gasteiger charge is 2.33. The van der Waals surface area contributed by atoms with Crippen LogP contribution in [0, 0.1) is 12.8 Å². The number of rotatable bonds is 1. The lowest BCUT2D eigenvalue weighted by Crippen LogP contribution is -2.18. The summed E-state index contributed by atoms with van der Waals surface area (Å²) in [4.78, 5) is 0. The summed E-state index contributed by atoms with van der Waals surface area (Å²) in [5, 5.41) is 0. The number of hydrogen-bond acceptors (Lipinski definition) is 0. The highest BCUT2D eigenvalue weighted by atomic mass is 19.4. The van der Waals surface area contributed by atoms with Crippen molar-refractivity contribution in [2.45, 2.75) is 19.5 Å². The van der Waals surface area contributed by atoms with Gasteiger partial charge in [-0.25, -0.2) is 0 Å². The molecule has 1 atom stereocenters. The molecule has 0 aliphatic carbocycles. The Morgan fingerprint density at radius 3 is 1.88 bits per heavy atom. The molecule has 0 heterocycles. The van der Waals surface area contributed by atoms with Crippen LogP contribution in [0.25, 0.3) is 0 Å². The summed E-state index contributed by atoms with van der Waals surface area (Å²) in [6, 6.07) is 0. The van der Waals surface area contributed by atoms with Crippen LogP contribution in [0.15, 0.2) is 0 Å². The molecule has 0 bridgehead atoms. The second-order valence-corrected chi connectivity index (χ2v) is 1.73. The van der Waals surface area contributed by atoms with Crippen molar-refractivity contribution in [2.24, 2.45) is 5.92 Å². The third-order valence-corrected chi connectivity index (χ3v) is 0.992. The van der Waals surface area contributed by atoms with Crippen LogP contribution in [0.3, 0.4) is 0 Å². The summed E-state index contributed by atoms with van der Waals surface area (Å²) < 4.78 is 34.2. The molecule has 0 rings (SSSR count). The largest absolute Gasteiger partial charge is 0.391 e. The van der Waals surface area contributed by atoms with Gasteiger partial charge in [0.1, 0.15) is 0 Å². The summed E-state index contributed by atoms with van der Waals surface area (Å²) >= 11 is 0.